The van der Waals surface area contributed by atoms with E-state index in [9.17, 15) is 8.42 Å². The van der Waals surface area contributed by atoms with Crippen molar-refractivity contribution in [2.24, 2.45) is 5.73 Å². The van der Waals surface area contributed by atoms with E-state index in [0.717, 1.165) is 0 Å². The van der Waals surface area contributed by atoms with Gasteiger partial charge in [-0.25, -0.2) is 13.1 Å². The van der Waals surface area contributed by atoms with Crippen molar-refractivity contribution in [1.82, 2.24) is 4.72 Å². The average Bonchev–Trinajstić information content (AvgIpc) is 2.46. The molecule has 1 aromatic carbocycles. The average molecular weight is 314 g/mol. The van der Waals surface area contributed by atoms with E-state index in [2.05, 4.69) is 4.72 Å². The molecule has 1 heterocycles. The van der Waals surface area contributed by atoms with Crippen molar-refractivity contribution in [1.29, 1.82) is 0 Å². The summed E-state index contributed by atoms with van der Waals surface area (Å²) in [5.41, 5.74) is 5.83. The van der Waals surface area contributed by atoms with Crippen molar-refractivity contribution in [3.8, 4) is 5.75 Å². The highest BCUT2D eigenvalue weighted by atomic mass is 32.2. The van der Waals surface area contributed by atoms with Crippen molar-refractivity contribution in [3.05, 3.63) is 23.8 Å². The van der Waals surface area contributed by atoms with E-state index in [1.807, 2.05) is 6.92 Å². The summed E-state index contributed by atoms with van der Waals surface area (Å²) in [6.07, 6.45) is 1.32. The van der Waals surface area contributed by atoms with E-state index >= 15 is 0 Å². The fourth-order valence-corrected chi connectivity index (χ4v) is 3.90. The fourth-order valence-electron chi connectivity index (χ4n) is 2.39. The summed E-state index contributed by atoms with van der Waals surface area (Å²) >= 11 is 0. The third-order valence-corrected chi connectivity index (χ3v) is 5.40. The number of methoxy groups -OCH3 is 1. The van der Waals surface area contributed by atoms with Crippen LogP contribution in [0, 0.1) is 0 Å². The molecule has 1 aliphatic heterocycles. The second-order valence-corrected chi connectivity index (χ2v) is 7.14. The van der Waals surface area contributed by atoms with Gasteiger partial charge in [-0.15, -0.1) is 0 Å². The molecule has 0 spiro atoms. The monoisotopic (exact) mass is 314 g/mol. The molecule has 118 valence electrons. The van der Waals surface area contributed by atoms with Crippen molar-refractivity contribution < 1.29 is 17.9 Å². The standard InChI is InChI=1S/C14H22N2O4S/c1-14(5-7-20-8-6-14)16-21(17,18)12-3-4-13(19-2)11(9-12)10-15/h3-4,9,16H,5-8,10,15H2,1-2H3. The Morgan fingerprint density at radius 2 is 2.05 bits per heavy atom. The lowest BCUT2D eigenvalue weighted by Gasteiger charge is -2.34. The summed E-state index contributed by atoms with van der Waals surface area (Å²) in [6.45, 7) is 3.25. The van der Waals surface area contributed by atoms with E-state index in [4.69, 9.17) is 15.2 Å². The van der Waals surface area contributed by atoms with E-state index < -0.39 is 15.6 Å². The van der Waals surface area contributed by atoms with Gasteiger partial charge >= 0.3 is 0 Å². The molecule has 7 heteroatoms. The van der Waals surface area contributed by atoms with Crippen LogP contribution in [0.1, 0.15) is 25.3 Å². The molecule has 0 amide bonds. The van der Waals surface area contributed by atoms with Gasteiger partial charge in [0.2, 0.25) is 10.0 Å². The summed E-state index contributed by atoms with van der Waals surface area (Å²) in [5.74, 6) is 0.591. The summed E-state index contributed by atoms with van der Waals surface area (Å²) in [7, 11) is -2.06. The lowest BCUT2D eigenvalue weighted by atomic mass is 9.94. The minimum absolute atomic E-state index is 0.205. The first-order valence-corrected chi connectivity index (χ1v) is 8.37. The SMILES string of the molecule is COc1ccc(S(=O)(=O)NC2(C)CCOCC2)cc1CN. The largest absolute Gasteiger partial charge is 0.496 e. The summed E-state index contributed by atoms with van der Waals surface area (Å²) < 4.78 is 38.3. The predicted octanol–water partition coefficient (Wildman–Crippen LogP) is 1.00. The van der Waals surface area contributed by atoms with Crippen molar-refractivity contribution in [2.75, 3.05) is 20.3 Å². The Bertz CT molecular complexity index is 595. The normalized spacial score (nSPS) is 18.4. The molecule has 1 fully saturated rings. The molecule has 0 radical (unpaired) electrons. The van der Waals surface area contributed by atoms with Crippen LogP contribution in [0.3, 0.4) is 0 Å². The maximum absolute atomic E-state index is 12.5. The predicted molar refractivity (Wildman–Crippen MR) is 79.7 cm³/mol. The number of hydrogen-bond donors (Lipinski definition) is 2. The van der Waals surface area contributed by atoms with Crippen LogP contribution in [0.5, 0.6) is 5.75 Å². The first-order valence-electron chi connectivity index (χ1n) is 6.89. The highest BCUT2D eigenvalue weighted by Crippen LogP contribution is 2.26. The van der Waals surface area contributed by atoms with E-state index in [1.54, 1.807) is 12.1 Å². The van der Waals surface area contributed by atoms with Gasteiger partial charge in [-0.2, -0.15) is 0 Å². The molecule has 3 N–H and O–H groups in total. The highest BCUT2D eigenvalue weighted by molar-refractivity contribution is 7.89. The maximum Gasteiger partial charge on any atom is 0.241 e. The van der Waals surface area contributed by atoms with Gasteiger partial charge < -0.3 is 15.2 Å². The zero-order valence-corrected chi connectivity index (χ0v) is 13.2. The zero-order chi connectivity index (χ0) is 15.5. The second-order valence-electron chi connectivity index (χ2n) is 5.46. The summed E-state index contributed by atoms with van der Waals surface area (Å²) in [5, 5.41) is 0. The second kappa shape index (κ2) is 6.31. The van der Waals surface area contributed by atoms with Crippen LogP contribution in [-0.2, 0) is 21.3 Å². The van der Waals surface area contributed by atoms with Crippen molar-refractivity contribution in [2.45, 2.75) is 36.7 Å². The third kappa shape index (κ3) is 3.74. The lowest BCUT2D eigenvalue weighted by molar-refractivity contribution is 0.0537. The van der Waals surface area contributed by atoms with Crippen molar-refractivity contribution in [3.63, 3.8) is 0 Å². The van der Waals surface area contributed by atoms with Gasteiger partial charge in [-0.1, -0.05) is 0 Å². The van der Waals surface area contributed by atoms with Crippen molar-refractivity contribution >= 4 is 10.0 Å². The number of rotatable bonds is 5. The van der Waals surface area contributed by atoms with E-state index in [-0.39, 0.29) is 11.4 Å². The quantitative estimate of drug-likeness (QED) is 0.846. The van der Waals surface area contributed by atoms with E-state index in [0.29, 0.717) is 37.4 Å². The maximum atomic E-state index is 12.5. The lowest BCUT2D eigenvalue weighted by Crippen LogP contribution is -2.49. The number of sulfonamides is 1. The van der Waals surface area contributed by atoms with Gasteiger partial charge in [-0.05, 0) is 38.0 Å². The molecule has 6 nitrogen and oxygen atoms in total. The van der Waals surface area contributed by atoms with Crippen LogP contribution in [0.4, 0.5) is 0 Å². The molecule has 1 aliphatic rings. The molecule has 21 heavy (non-hydrogen) atoms. The number of ether oxygens (including phenoxy) is 2. The third-order valence-electron chi connectivity index (χ3n) is 3.76. The molecular formula is C14H22N2O4S. The van der Waals surface area contributed by atoms with Crippen LogP contribution in [-0.4, -0.2) is 34.3 Å². The van der Waals surface area contributed by atoms with Gasteiger partial charge in [0.25, 0.3) is 0 Å². The molecular weight excluding hydrogens is 292 g/mol. The summed E-state index contributed by atoms with van der Waals surface area (Å²) in [4.78, 5) is 0.205. The molecule has 0 aromatic heterocycles. The van der Waals surface area contributed by atoms with Gasteiger partial charge in [0.1, 0.15) is 5.75 Å². The highest BCUT2D eigenvalue weighted by Gasteiger charge is 2.32. The Morgan fingerprint density at radius 3 is 2.62 bits per heavy atom. The number of hydrogen-bond acceptors (Lipinski definition) is 5. The molecule has 0 saturated carbocycles. The fraction of sp³-hybridized carbons (Fsp3) is 0.571. The smallest absolute Gasteiger partial charge is 0.241 e. The minimum Gasteiger partial charge on any atom is -0.496 e. The first kappa shape index (κ1) is 16.2. The van der Waals surface area contributed by atoms with Crippen LogP contribution in [0.2, 0.25) is 0 Å². The van der Waals surface area contributed by atoms with Gasteiger partial charge in [0, 0.05) is 30.9 Å². The Kier molecular flexibility index (Phi) is 4.88. The summed E-state index contributed by atoms with van der Waals surface area (Å²) in [6, 6.07) is 4.72. The zero-order valence-electron chi connectivity index (χ0n) is 12.4. The Labute approximate surface area is 125 Å². The van der Waals surface area contributed by atoms with Gasteiger partial charge in [0.05, 0.1) is 12.0 Å². The van der Waals surface area contributed by atoms with Crippen LogP contribution >= 0.6 is 0 Å². The van der Waals surface area contributed by atoms with E-state index in [1.165, 1.54) is 13.2 Å². The molecule has 1 saturated heterocycles. The van der Waals surface area contributed by atoms with Crippen LogP contribution in [0.15, 0.2) is 23.1 Å². The molecule has 0 atom stereocenters. The van der Waals surface area contributed by atoms with Crippen LogP contribution < -0.4 is 15.2 Å². The Morgan fingerprint density at radius 1 is 1.38 bits per heavy atom. The number of benzene rings is 1. The number of nitrogens with one attached hydrogen (secondary N) is 1. The number of nitrogens with two attached hydrogens (primary N) is 1. The molecule has 0 aliphatic carbocycles. The Hall–Kier alpha value is -1.15. The molecule has 0 unspecified atom stereocenters. The van der Waals surface area contributed by atoms with Gasteiger partial charge in [-0.3, -0.25) is 0 Å². The molecule has 1 aromatic rings. The first-order chi connectivity index (χ1) is 9.90. The molecule has 2 rings (SSSR count). The van der Waals surface area contributed by atoms with Gasteiger partial charge in [0.15, 0.2) is 0 Å². The molecule has 0 bridgehead atoms. The van der Waals surface area contributed by atoms with Crippen LogP contribution in [0.25, 0.3) is 0 Å². The minimum atomic E-state index is -3.59. The Balaban J connectivity index is 2.27. The topological polar surface area (TPSA) is 90.7 Å².